The molecule has 0 amide bonds. The number of benzene rings is 1. The number of aryl methyl sites for hydroxylation is 2. The highest BCUT2D eigenvalue weighted by Gasteiger charge is 2.39. The average Bonchev–Trinajstić information content (AvgIpc) is 3.29. The van der Waals surface area contributed by atoms with Gasteiger partial charge in [0, 0.05) is 20.1 Å². The lowest BCUT2D eigenvalue weighted by Gasteiger charge is -2.21. The molecule has 1 aromatic carbocycles. The van der Waals surface area contributed by atoms with Crippen LogP contribution in [0.2, 0.25) is 5.02 Å². The minimum atomic E-state index is -4.48. The lowest BCUT2D eigenvalue weighted by atomic mass is 10.1. The molecule has 3 nitrogen and oxygen atoms in total. The van der Waals surface area contributed by atoms with Crippen LogP contribution in [0.15, 0.2) is 12.1 Å². The van der Waals surface area contributed by atoms with Crippen molar-refractivity contribution in [2.75, 3.05) is 25.0 Å². The van der Waals surface area contributed by atoms with Crippen molar-refractivity contribution in [3.05, 3.63) is 38.9 Å². The van der Waals surface area contributed by atoms with Gasteiger partial charge in [-0.15, -0.1) is 0 Å². The Bertz CT molecular complexity index is 838. The molecule has 1 aromatic heterocycles. The number of rotatable bonds is 8. The Morgan fingerprint density at radius 2 is 1.93 bits per heavy atom. The molecule has 160 valence electrons. The topological polar surface area (TPSA) is 19.4 Å². The second-order valence-electron chi connectivity index (χ2n) is 7.92. The Hall–Kier alpha value is -1.31. The van der Waals surface area contributed by atoms with E-state index in [1.807, 2.05) is 26.0 Å². The van der Waals surface area contributed by atoms with Crippen molar-refractivity contribution in [2.24, 2.45) is 5.92 Å². The van der Waals surface area contributed by atoms with Gasteiger partial charge in [-0.1, -0.05) is 35.9 Å². The first kappa shape index (κ1) is 22.4. The molecule has 0 atom stereocenters. The molecule has 0 saturated heterocycles. The molecule has 29 heavy (non-hydrogen) atoms. The number of thiazole rings is 1. The number of hydrogen-bond donors (Lipinski definition) is 0. The fourth-order valence-corrected chi connectivity index (χ4v) is 5.20. The fourth-order valence-electron chi connectivity index (χ4n) is 3.66. The molecule has 3 rings (SSSR count). The first-order valence-electron chi connectivity index (χ1n) is 9.89. The summed E-state index contributed by atoms with van der Waals surface area (Å²) in [5, 5.41) is 0.820. The van der Waals surface area contributed by atoms with Crippen LogP contribution in [0.1, 0.15) is 47.9 Å². The quantitative estimate of drug-likeness (QED) is 0.444. The van der Waals surface area contributed by atoms with E-state index in [1.54, 1.807) is 11.9 Å². The van der Waals surface area contributed by atoms with E-state index in [0.717, 1.165) is 42.0 Å². The molecule has 8 heteroatoms. The molecule has 0 radical (unpaired) electrons. The van der Waals surface area contributed by atoms with Crippen LogP contribution in [0.3, 0.4) is 0 Å². The van der Waals surface area contributed by atoms with E-state index in [0.29, 0.717) is 21.8 Å². The summed E-state index contributed by atoms with van der Waals surface area (Å²) >= 11 is 7.52. The van der Waals surface area contributed by atoms with Crippen molar-refractivity contribution in [3.63, 3.8) is 0 Å². The summed E-state index contributed by atoms with van der Waals surface area (Å²) < 4.78 is 41.2. The summed E-state index contributed by atoms with van der Waals surface area (Å²) in [6, 6.07) is 3.79. The van der Waals surface area contributed by atoms with Gasteiger partial charge in [-0.2, -0.15) is 13.2 Å². The van der Waals surface area contributed by atoms with Gasteiger partial charge in [-0.25, -0.2) is 4.98 Å². The second kappa shape index (κ2) is 8.82. The minimum absolute atomic E-state index is 0.273. The standard InChI is InChI=1S/C21H27ClF3N3S/c1-5-8-28(11-15-6-7-15)12-17-19(21(23,24)25)26-20(29-17)27(4)18-14(3)9-13(2)10-16(18)22/h9-10,15H,5-8,11-12H2,1-4H3. The Morgan fingerprint density at radius 3 is 2.48 bits per heavy atom. The molecule has 0 N–H and O–H groups in total. The predicted molar refractivity (Wildman–Crippen MR) is 114 cm³/mol. The van der Waals surface area contributed by atoms with E-state index in [4.69, 9.17) is 11.6 Å². The van der Waals surface area contributed by atoms with Crippen molar-refractivity contribution in [1.29, 1.82) is 0 Å². The fraction of sp³-hybridized carbons (Fsp3) is 0.571. The van der Waals surface area contributed by atoms with Crippen LogP contribution < -0.4 is 4.90 Å². The van der Waals surface area contributed by atoms with Gasteiger partial charge < -0.3 is 4.90 Å². The van der Waals surface area contributed by atoms with Gasteiger partial charge in [-0.05, 0) is 62.8 Å². The van der Waals surface area contributed by atoms with Gasteiger partial charge in [0.2, 0.25) is 0 Å². The van der Waals surface area contributed by atoms with Crippen LogP contribution in [0.5, 0.6) is 0 Å². The van der Waals surface area contributed by atoms with Crippen molar-refractivity contribution < 1.29 is 13.2 Å². The zero-order valence-corrected chi connectivity index (χ0v) is 18.8. The van der Waals surface area contributed by atoms with Crippen LogP contribution in [0.4, 0.5) is 24.0 Å². The van der Waals surface area contributed by atoms with Crippen molar-refractivity contribution in [2.45, 2.75) is 52.8 Å². The Balaban J connectivity index is 1.94. The molecule has 1 fully saturated rings. The molecule has 0 bridgehead atoms. The lowest BCUT2D eigenvalue weighted by Crippen LogP contribution is -2.27. The highest BCUT2D eigenvalue weighted by Crippen LogP contribution is 2.42. The molecule has 1 saturated carbocycles. The number of alkyl halides is 3. The van der Waals surface area contributed by atoms with Crippen molar-refractivity contribution in [3.8, 4) is 0 Å². The van der Waals surface area contributed by atoms with E-state index >= 15 is 0 Å². The Kier molecular flexibility index (Phi) is 6.81. The summed E-state index contributed by atoms with van der Waals surface area (Å²) in [5.74, 6) is 0.625. The molecule has 0 unspecified atom stereocenters. The van der Waals surface area contributed by atoms with Crippen LogP contribution in [0.25, 0.3) is 0 Å². The van der Waals surface area contributed by atoms with Crippen LogP contribution in [0, 0.1) is 19.8 Å². The molecular weight excluding hydrogens is 419 g/mol. The number of aromatic nitrogens is 1. The summed E-state index contributed by atoms with van der Waals surface area (Å²) in [6.07, 6.45) is -1.21. The maximum atomic E-state index is 13.7. The van der Waals surface area contributed by atoms with E-state index < -0.39 is 11.9 Å². The number of hydrogen-bond acceptors (Lipinski definition) is 4. The average molecular weight is 446 g/mol. The van der Waals surface area contributed by atoms with Gasteiger partial charge in [0.05, 0.1) is 15.6 Å². The zero-order chi connectivity index (χ0) is 21.3. The maximum absolute atomic E-state index is 13.7. The molecule has 0 spiro atoms. The van der Waals surface area contributed by atoms with Gasteiger partial charge in [0.25, 0.3) is 0 Å². The van der Waals surface area contributed by atoms with Gasteiger partial charge in [0.1, 0.15) is 0 Å². The second-order valence-corrected chi connectivity index (χ2v) is 9.39. The molecule has 1 aliphatic rings. The van der Waals surface area contributed by atoms with Crippen molar-refractivity contribution >= 4 is 33.8 Å². The van der Waals surface area contributed by atoms with Crippen LogP contribution in [-0.2, 0) is 12.7 Å². The van der Waals surface area contributed by atoms with Gasteiger partial charge in [0.15, 0.2) is 10.8 Å². The third-order valence-electron chi connectivity index (χ3n) is 5.10. The zero-order valence-electron chi connectivity index (χ0n) is 17.2. The van der Waals surface area contributed by atoms with E-state index in [-0.39, 0.29) is 11.4 Å². The van der Waals surface area contributed by atoms with Crippen molar-refractivity contribution in [1.82, 2.24) is 9.88 Å². The Morgan fingerprint density at radius 1 is 1.24 bits per heavy atom. The maximum Gasteiger partial charge on any atom is 0.434 e. The van der Waals surface area contributed by atoms with Crippen LogP contribution in [-0.4, -0.2) is 30.0 Å². The molecule has 2 aromatic rings. The molecule has 1 heterocycles. The third kappa shape index (κ3) is 5.44. The highest BCUT2D eigenvalue weighted by molar-refractivity contribution is 7.15. The smallest absolute Gasteiger partial charge is 0.319 e. The predicted octanol–water partition coefficient (Wildman–Crippen LogP) is 6.82. The number of halogens is 4. The van der Waals surface area contributed by atoms with Gasteiger partial charge >= 0.3 is 6.18 Å². The van der Waals surface area contributed by atoms with Crippen LogP contribution >= 0.6 is 22.9 Å². The first-order valence-corrected chi connectivity index (χ1v) is 11.1. The highest BCUT2D eigenvalue weighted by atomic mass is 35.5. The third-order valence-corrected chi connectivity index (χ3v) is 6.50. The summed E-state index contributed by atoms with van der Waals surface area (Å²) in [4.78, 5) is 8.08. The minimum Gasteiger partial charge on any atom is -0.319 e. The molecule has 0 aliphatic heterocycles. The van der Waals surface area contributed by atoms with E-state index in [2.05, 4.69) is 16.8 Å². The monoisotopic (exact) mass is 445 g/mol. The summed E-state index contributed by atoms with van der Waals surface area (Å²) in [5.41, 5.74) is 1.83. The summed E-state index contributed by atoms with van der Waals surface area (Å²) in [6.45, 7) is 7.83. The SMILES string of the molecule is CCCN(Cc1sc(N(C)c2c(C)cc(C)cc2Cl)nc1C(F)(F)F)CC1CC1. The Labute approximate surface area is 179 Å². The number of anilines is 2. The summed E-state index contributed by atoms with van der Waals surface area (Å²) in [7, 11) is 1.72. The van der Waals surface area contributed by atoms with E-state index in [9.17, 15) is 13.2 Å². The normalized spacial score (nSPS) is 14.7. The van der Waals surface area contributed by atoms with Gasteiger partial charge in [-0.3, -0.25) is 4.90 Å². The first-order chi connectivity index (χ1) is 13.6. The molecular formula is C21H27ClF3N3S. The molecule has 1 aliphatic carbocycles. The number of nitrogens with zero attached hydrogens (tertiary/aromatic N) is 3. The lowest BCUT2D eigenvalue weighted by molar-refractivity contribution is -0.141. The van der Waals surface area contributed by atoms with E-state index in [1.165, 1.54) is 12.8 Å². The largest absolute Gasteiger partial charge is 0.434 e.